The van der Waals surface area contributed by atoms with Gasteiger partial charge >= 0.3 is 0 Å². The molecule has 1 saturated heterocycles. The number of thioether (sulfide) groups is 1. The highest BCUT2D eigenvalue weighted by Gasteiger charge is 2.32. The molecule has 2 rings (SSSR count). The molecule has 1 aromatic rings. The minimum absolute atomic E-state index is 0.0598. The highest BCUT2D eigenvalue weighted by atomic mass is 32.2. The number of aromatic nitrogens is 2. The van der Waals surface area contributed by atoms with E-state index in [0.717, 1.165) is 17.9 Å². The molecule has 0 bridgehead atoms. The molecule has 1 fully saturated rings. The van der Waals surface area contributed by atoms with Crippen LogP contribution >= 0.6 is 11.8 Å². The summed E-state index contributed by atoms with van der Waals surface area (Å²) in [4.78, 5) is 0.0967. The monoisotopic (exact) mass is 276 g/mol. The predicted molar refractivity (Wildman–Crippen MR) is 68.3 cm³/mol. The normalized spacial score (nSPS) is 21.2. The van der Waals surface area contributed by atoms with E-state index in [0.29, 0.717) is 0 Å². The van der Waals surface area contributed by atoms with E-state index in [-0.39, 0.29) is 16.8 Å². The third-order valence-corrected chi connectivity index (χ3v) is 5.97. The molecule has 1 aliphatic heterocycles. The molecular weight excluding hydrogens is 260 g/mol. The summed E-state index contributed by atoms with van der Waals surface area (Å²) in [5.74, 6) is 1.91. The van der Waals surface area contributed by atoms with Crippen molar-refractivity contribution >= 4 is 27.6 Å². The maximum absolute atomic E-state index is 12.3. The summed E-state index contributed by atoms with van der Waals surface area (Å²) < 4.78 is 27.5. The number of anilines is 1. The van der Waals surface area contributed by atoms with Gasteiger partial charge in [-0.2, -0.15) is 21.2 Å². The van der Waals surface area contributed by atoms with Crippen LogP contribution < -0.4 is 5.73 Å². The molecule has 0 aliphatic carbocycles. The van der Waals surface area contributed by atoms with E-state index in [1.807, 2.05) is 0 Å². The fourth-order valence-corrected chi connectivity index (χ4v) is 4.68. The van der Waals surface area contributed by atoms with Crippen LogP contribution in [0.25, 0.3) is 0 Å². The average molecular weight is 276 g/mol. The fraction of sp³-hybridized carbons (Fsp3) is 0.667. The quantitative estimate of drug-likeness (QED) is 0.848. The summed E-state index contributed by atoms with van der Waals surface area (Å²) in [7, 11) is -0.258. The van der Waals surface area contributed by atoms with E-state index in [2.05, 4.69) is 5.10 Å². The number of rotatable bonds is 3. The first-order valence-corrected chi connectivity index (χ1v) is 7.87. The number of nitrogens with zero attached hydrogens (tertiary/aromatic N) is 3. The molecule has 1 aromatic heterocycles. The van der Waals surface area contributed by atoms with Crippen LogP contribution in [0.15, 0.2) is 11.1 Å². The largest absolute Gasteiger partial charge is 0.381 e. The van der Waals surface area contributed by atoms with Gasteiger partial charge in [0.1, 0.15) is 4.90 Å². The lowest BCUT2D eigenvalue weighted by molar-refractivity contribution is 0.395. The second-order valence-electron chi connectivity index (χ2n) is 4.09. The van der Waals surface area contributed by atoms with E-state index >= 15 is 0 Å². The molecule has 0 spiro atoms. The molecule has 2 heterocycles. The summed E-state index contributed by atoms with van der Waals surface area (Å²) in [5, 5.41) is 3.87. The zero-order valence-electron chi connectivity index (χ0n) is 9.83. The van der Waals surface area contributed by atoms with Crippen molar-refractivity contribution in [2.24, 2.45) is 7.05 Å². The summed E-state index contributed by atoms with van der Waals surface area (Å²) in [5.41, 5.74) is 5.62. The van der Waals surface area contributed by atoms with Crippen molar-refractivity contribution in [1.29, 1.82) is 0 Å². The van der Waals surface area contributed by atoms with E-state index in [4.69, 9.17) is 5.73 Å². The number of sulfonamides is 1. The Morgan fingerprint density at radius 2 is 2.35 bits per heavy atom. The lowest BCUT2D eigenvalue weighted by atomic mass is 10.3. The van der Waals surface area contributed by atoms with Gasteiger partial charge in [-0.05, 0) is 12.2 Å². The molecule has 96 valence electrons. The second-order valence-corrected chi connectivity index (χ2v) is 7.21. The Bertz CT molecular complexity index is 505. The highest BCUT2D eigenvalue weighted by molar-refractivity contribution is 7.99. The molecule has 1 unspecified atom stereocenters. The van der Waals surface area contributed by atoms with Crippen LogP contribution in [0.2, 0.25) is 0 Å². The Labute approximate surface area is 105 Å². The highest BCUT2D eigenvalue weighted by Crippen LogP contribution is 2.27. The summed E-state index contributed by atoms with van der Waals surface area (Å²) in [6, 6.07) is 0.0598. The SMILES string of the molecule is CN(C1CCSC1)S(=O)(=O)c1cn(C)nc1N. The van der Waals surface area contributed by atoms with Gasteiger partial charge in [0.2, 0.25) is 10.0 Å². The van der Waals surface area contributed by atoms with Crippen molar-refractivity contribution < 1.29 is 8.42 Å². The molecule has 0 amide bonds. The average Bonchev–Trinajstić information content (AvgIpc) is 2.86. The van der Waals surface area contributed by atoms with Gasteiger partial charge in [0, 0.05) is 32.1 Å². The summed E-state index contributed by atoms with van der Waals surface area (Å²) >= 11 is 1.77. The van der Waals surface area contributed by atoms with Crippen molar-refractivity contribution in [3.05, 3.63) is 6.20 Å². The Hall–Kier alpha value is -0.730. The van der Waals surface area contributed by atoms with Gasteiger partial charge in [0.15, 0.2) is 5.82 Å². The number of hydrogen-bond acceptors (Lipinski definition) is 5. The van der Waals surface area contributed by atoms with Crippen molar-refractivity contribution in [2.45, 2.75) is 17.4 Å². The molecule has 6 nitrogen and oxygen atoms in total. The molecule has 0 radical (unpaired) electrons. The Balaban J connectivity index is 2.32. The second kappa shape index (κ2) is 4.51. The third kappa shape index (κ3) is 2.29. The topological polar surface area (TPSA) is 81.2 Å². The zero-order chi connectivity index (χ0) is 12.6. The maximum atomic E-state index is 12.3. The number of aryl methyl sites for hydroxylation is 1. The molecule has 1 aliphatic rings. The Morgan fingerprint density at radius 1 is 1.65 bits per heavy atom. The van der Waals surface area contributed by atoms with E-state index in [1.165, 1.54) is 15.2 Å². The van der Waals surface area contributed by atoms with Gasteiger partial charge in [-0.3, -0.25) is 4.68 Å². The summed E-state index contributed by atoms with van der Waals surface area (Å²) in [6.45, 7) is 0. The van der Waals surface area contributed by atoms with Gasteiger partial charge in [-0.15, -0.1) is 0 Å². The van der Waals surface area contributed by atoms with Crippen LogP contribution in [0.4, 0.5) is 5.82 Å². The molecule has 17 heavy (non-hydrogen) atoms. The van der Waals surface area contributed by atoms with Crippen molar-refractivity contribution in [1.82, 2.24) is 14.1 Å². The first kappa shape index (κ1) is 12.7. The molecule has 1 atom stereocenters. The standard InChI is InChI=1S/C9H16N4O2S2/c1-12-5-8(9(10)11-12)17(14,15)13(2)7-3-4-16-6-7/h5,7H,3-4,6H2,1-2H3,(H2,10,11). The Morgan fingerprint density at radius 3 is 2.82 bits per heavy atom. The van der Waals surface area contributed by atoms with Gasteiger partial charge < -0.3 is 5.73 Å². The lowest BCUT2D eigenvalue weighted by Crippen LogP contribution is -2.37. The lowest BCUT2D eigenvalue weighted by Gasteiger charge is -2.22. The minimum Gasteiger partial charge on any atom is -0.381 e. The van der Waals surface area contributed by atoms with Gasteiger partial charge in [0.25, 0.3) is 0 Å². The van der Waals surface area contributed by atoms with Crippen LogP contribution in [0.3, 0.4) is 0 Å². The van der Waals surface area contributed by atoms with Crippen LogP contribution in [0.5, 0.6) is 0 Å². The van der Waals surface area contributed by atoms with Crippen LogP contribution in [-0.2, 0) is 17.1 Å². The smallest absolute Gasteiger partial charge is 0.248 e. The third-order valence-electron chi connectivity index (χ3n) is 2.90. The maximum Gasteiger partial charge on any atom is 0.248 e. The predicted octanol–water partition coefficient (Wildman–Crippen LogP) is 0.128. The van der Waals surface area contributed by atoms with Crippen molar-refractivity contribution in [3.63, 3.8) is 0 Å². The molecule has 0 saturated carbocycles. The Kier molecular flexibility index (Phi) is 3.37. The molecular formula is C9H16N4O2S2. The van der Waals surface area contributed by atoms with Crippen molar-refractivity contribution in [3.8, 4) is 0 Å². The minimum atomic E-state index is -3.52. The number of nitrogen functional groups attached to an aromatic ring is 1. The first-order valence-electron chi connectivity index (χ1n) is 5.28. The van der Waals surface area contributed by atoms with Gasteiger partial charge in [-0.1, -0.05) is 0 Å². The molecule has 8 heteroatoms. The number of hydrogen-bond donors (Lipinski definition) is 1. The van der Waals surface area contributed by atoms with Crippen LogP contribution in [0, 0.1) is 0 Å². The van der Waals surface area contributed by atoms with E-state index < -0.39 is 10.0 Å². The zero-order valence-corrected chi connectivity index (χ0v) is 11.5. The van der Waals surface area contributed by atoms with E-state index in [9.17, 15) is 8.42 Å². The fourth-order valence-electron chi connectivity index (χ4n) is 1.84. The molecule has 0 aromatic carbocycles. The van der Waals surface area contributed by atoms with Crippen molar-refractivity contribution in [2.75, 3.05) is 24.3 Å². The van der Waals surface area contributed by atoms with E-state index in [1.54, 1.807) is 25.9 Å². The van der Waals surface area contributed by atoms with Crippen LogP contribution in [-0.4, -0.2) is 47.1 Å². The summed E-state index contributed by atoms with van der Waals surface area (Å²) in [6.07, 6.45) is 2.34. The first-order chi connectivity index (χ1) is 7.93. The van der Waals surface area contributed by atoms with Gasteiger partial charge in [0.05, 0.1) is 0 Å². The van der Waals surface area contributed by atoms with Gasteiger partial charge in [-0.25, -0.2) is 8.42 Å². The van der Waals surface area contributed by atoms with Crippen LogP contribution in [0.1, 0.15) is 6.42 Å². The number of nitrogens with two attached hydrogens (primary N) is 1. The molecule has 2 N–H and O–H groups in total.